The largest absolute Gasteiger partial charge is 0.446 e. The van der Waals surface area contributed by atoms with Crippen LogP contribution in [0.1, 0.15) is 38.0 Å². The Hall–Kier alpha value is -2.04. The number of aromatic nitrogens is 1. The molecule has 1 N–H and O–H groups in total. The molecule has 0 spiro atoms. The molecule has 1 fully saturated rings. The van der Waals surface area contributed by atoms with Gasteiger partial charge in [-0.05, 0) is 37.8 Å². The van der Waals surface area contributed by atoms with E-state index in [2.05, 4.69) is 10.3 Å². The first kappa shape index (κ1) is 13.0. The number of benzene rings is 1. The quantitative estimate of drug-likeness (QED) is 0.898. The zero-order valence-electron chi connectivity index (χ0n) is 11.5. The topological polar surface area (TPSA) is 64.4 Å². The smallest absolute Gasteiger partial charge is 0.411 e. The minimum absolute atomic E-state index is 0.0556. The Kier molecular flexibility index (Phi) is 3.58. The van der Waals surface area contributed by atoms with Gasteiger partial charge in [-0.25, -0.2) is 9.78 Å². The molecule has 3 rings (SSSR count). The number of ether oxygens (including phenoxy) is 1. The van der Waals surface area contributed by atoms with Gasteiger partial charge in [0.25, 0.3) is 0 Å². The number of hydrogen-bond donors (Lipinski definition) is 1. The van der Waals surface area contributed by atoms with Gasteiger partial charge in [-0.15, -0.1) is 0 Å². The standard InChI is InChI=1S/C15H18N2O3/c1-10-16-13-8-7-11(9-14(13)19-10)17-15(18)20-12-5-3-2-4-6-12/h7-9,12H,2-6H2,1H3,(H,17,18). The summed E-state index contributed by atoms with van der Waals surface area (Å²) in [5.41, 5.74) is 2.11. The van der Waals surface area contributed by atoms with Gasteiger partial charge in [-0.3, -0.25) is 5.32 Å². The monoisotopic (exact) mass is 274 g/mol. The molecule has 0 unspecified atom stereocenters. The highest BCUT2D eigenvalue weighted by Crippen LogP contribution is 2.22. The van der Waals surface area contributed by atoms with E-state index in [4.69, 9.17) is 9.15 Å². The molecule has 1 aliphatic rings. The predicted octanol–water partition coefficient (Wildman–Crippen LogP) is 4.02. The first-order chi connectivity index (χ1) is 9.70. The lowest BCUT2D eigenvalue weighted by Gasteiger charge is -2.21. The number of hydrogen-bond acceptors (Lipinski definition) is 4. The van der Waals surface area contributed by atoms with Crippen molar-refractivity contribution in [3.63, 3.8) is 0 Å². The molecule has 0 saturated heterocycles. The number of rotatable bonds is 2. The summed E-state index contributed by atoms with van der Waals surface area (Å²) in [6.07, 6.45) is 5.11. The molecule has 1 aromatic heterocycles. The first-order valence-corrected chi connectivity index (χ1v) is 7.05. The van der Waals surface area contributed by atoms with Crippen molar-refractivity contribution in [1.82, 2.24) is 4.98 Å². The normalized spacial score (nSPS) is 16.2. The molecule has 0 aliphatic heterocycles. The van der Waals surface area contributed by atoms with E-state index in [-0.39, 0.29) is 6.10 Å². The Labute approximate surface area is 117 Å². The molecule has 106 valence electrons. The van der Waals surface area contributed by atoms with Crippen molar-refractivity contribution in [3.8, 4) is 0 Å². The maximum Gasteiger partial charge on any atom is 0.411 e. The van der Waals surface area contributed by atoms with Crippen molar-refractivity contribution >= 4 is 22.9 Å². The summed E-state index contributed by atoms with van der Waals surface area (Å²) < 4.78 is 10.9. The molecule has 1 aromatic carbocycles. The van der Waals surface area contributed by atoms with Gasteiger partial charge in [0.05, 0.1) is 0 Å². The van der Waals surface area contributed by atoms with Crippen LogP contribution in [0.3, 0.4) is 0 Å². The zero-order chi connectivity index (χ0) is 13.9. The highest BCUT2D eigenvalue weighted by Gasteiger charge is 2.17. The van der Waals surface area contributed by atoms with E-state index < -0.39 is 6.09 Å². The Morgan fingerprint density at radius 1 is 1.35 bits per heavy atom. The molecule has 0 atom stereocenters. The van der Waals surface area contributed by atoms with Crippen LogP contribution in [0.2, 0.25) is 0 Å². The third-order valence-corrected chi connectivity index (χ3v) is 3.57. The third-order valence-electron chi connectivity index (χ3n) is 3.57. The first-order valence-electron chi connectivity index (χ1n) is 7.05. The average Bonchev–Trinajstić information content (AvgIpc) is 2.79. The Morgan fingerprint density at radius 2 is 2.15 bits per heavy atom. The van der Waals surface area contributed by atoms with Crippen LogP contribution in [-0.4, -0.2) is 17.2 Å². The summed E-state index contributed by atoms with van der Waals surface area (Å²) >= 11 is 0. The van der Waals surface area contributed by atoms with Crippen LogP contribution in [0, 0.1) is 6.92 Å². The number of nitrogens with one attached hydrogen (secondary N) is 1. The number of carbonyl (C=O) groups is 1. The molecule has 1 heterocycles. The van der Waals surface area contributed by atoms with Crippen LogP contribution < -0.4 is 5.32 Å². The molecular weight excluding hydrogens is 256 g/mol. The van der Waals surface area contributed by atoms with Crippen LogP contribution in [0.25, 0.3) is 11.1 Å². The van der Waals surface area contributed by atoms with E-state index in [1.54, 1.807) is 19.1 Å². The van der Waals surface area contributed by atoms with Gasteiger partial charge in [0.1, 0.15) is 11.6 Å². The van der Waals surface area contributed by atoms with Gasteiger partial charge >= 0.3 is 6.09 Å². The number of aryl methyl sites for hydroxylation is 1. The van der Waals surface area contributed by atoms with Crippen LogP contribution in [0.5, 0.6) is 0 Å². The van der Waals surface area contributed by atoms with Crippen molar-refractivity contribution in [2.45, 2.75) is 45.1 Å². The molecule has 2 aromatic rings. The Balaban J connectivity index is 1.64. The lowest BCUT2D eigenvalue weighted by Crippen LogP contribution is -2.24. The summed E-state index contributed by atoms with van der Waals surface area (Å²) in [6.45, 7) is 1.80. The number of fused-ring (bicyclic) bond motifs is 1. The molecule has 20 heavy (non-hydrogen) atoms. The molecule has 1 amide bonds. The van der Waals surface area contributed by atoms with Crippen molar-refractivity contribution in [2.24, 2.45) is 0 Å². The van der Waals surface area contributed by atoms with Gasteiger partial charge in [0.2, 0.25) is 0 Å². The number of oxazole rings is 1. The van der Waals surface area contributed by atoms with Gasteiger partial charge in [0, 0.05) is 18.7 Å². The van der Waals surface area contributed by atoms with Crippen LogP contribution in [0.15, 0.2) is 22.6 Å². The number of anilines is 1. The van der Waals surface area contributed by atoms with Gasteiger partial charge in [-0.1, -0.05) is 6.42 Å². The summed E-state index contributed by atoms with van der Waals surface area (Å²) in [5, 5.41) is 2.74. The zero-order valence-corrected chi connectivity index (χ0v) is 11.5. The van der Waals surface area contributed by atoms with Crippen LogP contribution >= 0.6 is 0 Å². The van der Waals surface area contributed by atoms with Crippen LogP contribution in [0.4, 0.5) is 10.5 Å². The minimum atomic E-state index is -0.396. The number of nitrogens with zero attached hydrogens (tertiary/aromatic N) is 1. The molecule has 0 radical (unpaired) electrons. The second-order valence-corrected chi connectivity index (χ2v) is 5.21. The van der Waals surface area contributed by atoms with Gasteiger partial charge in [0.15, 0.2) is 11.5 Å². The molecule has 1 saturated carbocycles. The van der Waals surface area contributed by atoms with Crippen molar-refractivity contribution < 1.29 is 13.9 Å². The fourth-order valence-electron chi connectivity index (χ4n) is 2.60. The summed E-state index contributed by atoms with van der Waals surface area (Å²) in [7, 11) is 0. The summed E-state index contributed by atoms with van der Waals surface area (Å²) in [6, 6.07) is 5.38. The third kappa shape index (κ3) is 2.92. The Bertz CT molecular complexity index is 615. The average molecular weight is 274 g/mol. The lowest BCUT2D eigenvalue weighted by atomic mass is 9.98. The van der Waals surface area contributed by atoms with E-state index >= 15 is 0 Å². The molecule has 0 bridgehead atoms. The van der Waals surface area contributed by atoms with E-state index in [9.17, 15) is 4.79 Å². The maximum absolute atomic E-state index is 11.8. The summed E-state index contributed by atoms with van der Waals surface area (Å²) in [4.78, 5) is 16.1. The Morgan fingerprint density at radius 3 is 2.95 bits per heavy atom. The minimum Gasteiger partial charge on any atom is -0.446 e. The molecule has 5 nitrogen and oxygen atoms in total. The maximum atomic E-state index is 11.8. The van der Waals surface area contributed by atoms with E-state index in [0.717, 1.165) is 31.2 Å². The van der Waals surface area contributed by atoms with Crippen molar-refractivity contribution in [3.05, 3.63) is 24.1 Å². The van der Waals surface area contributed by atoms with Crippen molar-refractivity contribution in [1.29, 1.82) is 0 Å². The molecule has 1 aliphatic carbocycles. The molecule has 5 heteroatoms. The highest BCUT2D eigenvalue weighted by atomic mass is 16.6. The fraction of sp³-hybridized carbons (Fsp3) is 0.467. The second-order valence-electron chi connectivity index (χ2n) is 5.21. The lowest BCUT2D eigenvalue weighted by molar-refractivity contribution is 0.0865. The van der Waals surface area contributed by atoms with Crippen LogP contribution in [-0.2, 0) is 4.74 Å². The highest BCUT2D eigenvalue weighted by molar-refractivity contribution is 5.88. The predicted molar refractivity (Wildman–Crippen MR) is 75.7 cm³/mol. The van der Waals surface area contributed by atoms with Gasteiger partial charge < -0.3 is 9.15 Å². The van der Waals surface area contributed by atoms with E-state index in [1.165, 1.54) is 6.42 Å². The summed E-state index contributed by atoms with van der Waals surface area (Å²) in [5.74, 6) is 0.613. The van der Waals surface area contributed by atoms with Gasteiger partial charge in [-0.2, -0.15) is 0 Å². The second kappa shape index (κ2) is 5.53. The fourth-order valence-corrected chi connectivity index (χ4v) is 2.60. The molecular formula is C15H18N2O3. The number of amides is 1. The van der Waals surface area contributed by atoms with E-state index in [1.807, 2.05) is 6.07 Å². The number of carbonyl (C=O) groups excluding carboxylic acids is 1. The van der Waals surface area contributed by atoms with E-state index in [0.29, 0.717) is 17.2 Å². The SMILES string of the molecule is Cc1nc2ccc(NC(=O)OC3CCCCC3)cc2o1. The van der Waals surface area contributed by atoms with Crippen molar-refractivity contribution in [2.75, 3.05) is 5.32 Å².